The number of piperidine rings is 1. The second-order valence-electron chi connectivity index (χ2n) is 7.13. The van der Waals surface area contributed by atoms with Gasteiger partial charge in [-0.05, 0) is 49.2 Å². The molecule has 1 aromatic heterocycles. The van der Waals surface area contributed by atoms with Gasteiger partial charge in [0.1, 0.15) is 11.6 Å². The molecule has 0 radical (unpaired) electrons. The monoisotopic (exact) mass is 428 g/mol. The van der Waals surface area contributed by atoms with E-state index in [1.807, 2.05) is 0 Å². The van der Waals surface area contributed by atoms with Crippen molar-refractivity contribution in [3.8, 4) is 0 Å². The quantitative estimate of drug-likeness (QED) is 0.622. The number of nitrogens with one attached hydrogen (secondary N) is 1. The van der Waals surface area contributed by atoms with Gasteiger partial charge < -0.3 is 10.2 Å². The van der Waals surface area contributed by atoms with Crippen molar-refractivity contribution in [2.45, 2.75) is 18.8 Å². The smallest absolute Gasteiger partial charge is 0.253 e. The van der Waals surface area contributed by atoms with Crippen molar-refractivity contribution in [3.05, 3.63) is 82.6 Å². The molecule has 1 aliphatic heterocycles. The predicted octanol–water partition coefficient (Wildman–Crippen LogP) is 5.17. The van der Waals surface area contributed by atoms with Crippen LogP contribution in [0.5, 0.6) is 0 Å². The highest BCUT2D eigenvalue weighted by molar-refractivity contribution is 6.31. The number of likely N-dealkylation sites (tertiary alicyclic amines) is 1. The molecule has 5 nitrogen and oxygen atoms in total. The van der Waals surface area contributed by atoms with Gasteiger partial charge in [0.05, 0.1) is 16.4 Å². The number of hydrogen-bond donors (Lipinski definition) is 1. The Morgan fingerprint density at radius 1 is 1.13 bits per heavy atom. The SMILES string of the molecule is O=C(c1ccc(F)c(Cl)c1)N1CCC[C@@H](c2ccnc(Nc3ccccc3F)n2)C1. The second-order valence-corrected chi connectivity index (χ2v) is 7.54. The first-order chi connectivity index (χ1) is 14.5. The van der Waals surface area contributed by atoms with Crippen LogP contribution in [0.1, 0.15) is 34.8 Å². The fourth-order valence-corrected chi connectivity index (χ4v) is 3.74. The summed E-state index contributed by atoms with van der Waals surface area (Å²) < 4.78 is 27.3. The van der Waals surface area contributed by atoms with Gasteiger partial charge in [0.2, 0.25) is 5.95 Å². The van der Waals surface area contributed by atoms with Crippen molar-refractivity contribution in [1.29, 1.82) is 0 Å². The number of aromatic nitrogens is 2. The van der Waals surface area contributed by atoms with Crippen molar-refractivity contribution in [2.75, 3.05) is 18.4 Å². The zero-order chi connectivity index (χ0) is 21.1. The van der Waals surface area contributed by atoms with Crippen LogP contribution in [0.4, 0.5) is 20.4 Å². The molecule has 0 bridgehead atoms. The Morgan fingerprint density at radius 3 is 2.77 bits per heavy atom. The molecule has 0 unspecified atom stereocenters. The third-order valence-electron chi connectivity index (χ3n) is 5.09. The molecular formula is C22H19ClF2N4O. The van der Waals surface area contributed by atoms with Gasteiger partial charge in [0.15, 0.2) is 0 Å². The Hall–Kier alpha value is -3.06. The van der Waals surface area contributed by atoms with Crippen molar-refractivity contribution >= 4 is 29.1 Å². The van der Waals surface area contributed by atoms with Crippen molar-refractivity contribution < 1.29 is 13.6 Å². The highest BCUT2D eigenvalue weighted by Crippen LogP contribution is 2.28. The van der Waals surface area contributed by atoms with Gasteiger partial charge in [-0.15, -0.1) is 0 Å². The first-order valence-electron chi connectivity index (χ1n) is 9.60. The maximum absolute atomic E-state index is 13.9. The van der Waals surface area contributed by atoms with Crippen LogP contribution in [0, 0.1) is 11.6 Å². The van der Waals surface area contributed by atoms with Gasteiger partial charge in [-0.1, -0.05) is 23.7 Å². The van der Waals surface area contributed by atoms with Gasteiger partial charge in [0.25, 0.3) is 5.91 Å². The molecule has 154 valence electrons. The normalized spacial score (nSPS) is 16.4. The molecule has 1 amide bonds. The van der Waals surface area contributed by atoms with Crippen LogP contribution in [0.15, 0.2) is 54.7 Å². The minimum Gasteiger partial charge on any atom is -0.338 e. The molecule has 2 heterocycles. The first kappa shape index (κ1) is 20.2. The molecule has 1 aliphatic rings. The summed E-state index contributed by atoms with van der Waals surface area (Å²) in [6.07, 6.45) is 3.29. The molecule has 1 atom stereocenters. The third-order valence-corrected chi connectivity index (χ3v) is 5.38. The van der Waals surface area contributed by atoms with Gasteiger partial charge in [0, 0.05) is 30.8 Å². The van der Waals surface area contributed by atoms with Crippen molar-refractivity contribution in [2.24, 2.45) is 0 Å². The molecular weight excluding hydrogens is 410 g/mol. The van der Waals surface area contributed by atoms with E-state index in [0.29, 0.717) is 30.3 Å². The van der Waals surface area contributed by atoms with E-state index in [-0.39, 0.29) is 22.7 Å². The Balaban J connectivity index is 1.50. The lowest BCUT2D eigenvalue weighted by Crippen LogP contribution is -2.39. The Morgan fingerprint density at radius 2 is 1.97 bits per heavy atom. The molecule has 0 aliphatic carbocycles. The Bertz CT molecular complexity index is 1080. The number of benzene rings is 2. The van der Waals surface area contributed by atoms with Crippen LogP contribution in [0.2, 0.25) is 5.02 Å². The number of anilines is 2. The Labute approximate surface area is 177 Å². The van der Waals surface area contributed by atoms with E-state index in [2.05, 4.69) is 15.3 Å². The van der Waals surface area contributed by atoms with Crippen LogP contribution in [-0.4, -0.2) is 33.9 Å². The summed E-state index contributed by atoms with van der Waals surface area (Å²) in [7, 11) is 0. The number of carbonyl (C=O) groups is 1. The maximum Gasteiger partial charge on any atom is 0.253 e. The van der Waals surface area contributed by atoms with Gasteiger partial charge >= 0.3 is 0 Å². The molecule has 30 heavy (non-hydrogen) atoms. The summed E-state index contributed by atoms with van der Waals surface area (Å²) >= 11 is 5.82. The number of nitrogens with zero attached hydrogens (tertiary/aromatic N) is 3. The summed E-state index contributed by atoms with van der Waals surface area (Å²) in [4.78, 5) is 23.3. The molecule has 4 rings (SSSR count). The number of para-hydroxylation sites is 1. The van der Waals surface area contributed by atoms with E-state index in [4.69, 9.17) is 11.6 Å². The van der Waals surface area contributed by atoms with Crippen molar-refractivity contribution in [1.82, 2.24) is 14.9 Å². The molecule has 1 fully saturated rings. The highest BCUT2D eigenvalue weighted by atomic mass is 35.5. The summed E-state index contributed by atoms with van der Waals surface area (Å²) in [5.74, 6) is -0.825. The summed E-state index contributed by atoms with van der Waals surface area (Å²) in [6.45, 7) is 1.08. The van der Waals surface area contributed by atoms with Gasteiger partial charge in [-0.3, -0.25) is 4.79 Å². The molecule has 2 aromatic carbocycles. The van der Waals surface area contributed by atoms with Crippen LogP contribution in [0.3, 0.4) is 0 Å². The topological polar surface area (TPSA) is 58.1 Å². The number of rotatable bonds is 4. The largest absolute Gasteiger partial charge is 0.338 e. The van der Waals surface area contributed by atoms with E-state index in [1.54, 1.807) is 35.4 Å². The number of carbonyl (C=O) groups excluding carboxylic acids is 1. The maximum atomic E-state index is 13.9. The highest BCUT2D eigenvalue weighted by Gasteiger charge is 2.27. The fourth-order valence-electron chi connectivity index (χ4n) is 3.56. The summed E-state index contributed by atoms with van der Waals surface area (Å²) in [5.41, 5.74) is 1.42. The zero-order valence-electron chi connectivity index (χ0n) is 16.0. The molecule has 1 saturated heterocycles. The summed E-state index contributed by atoms with van der Waals surface area (Å²) in [6, 6.07) is 12.1. The van der Waals surface area contributed by atoms with E-state index >= 15 is 0 Å². The lowest BCUT2D eigenvalue weighted by atomic mass is 9.94. The molecule has 0 spiro atoms. The predicted molar refractivity (Wildman–Crippen MR) is 111 cm³/mol. The van der Waals surface area contributed by atoms with Gasteiger partial charge in [-0.25, -0.2) is 18.7 Å². The zero-order valence-corrected chi connectivity index (χ0v) is 16.7. The minimum absolute atomic E-state index is 0.0165. The van der Waals surface area contributed by atoms with Crippen LogP contribution < -0.4 is 5.32 Å². The van der Waals surface area contributed by atoms with E-state index < -0.39 is 5.82 Å². The number of hydrogen-bond acceptors (Lipinski definition) is 4. The van der Waals surface area contributed by atoms with Crippen molar-refractivity contribution in [3.63, 3.8) is 0 Å². The molecule has 8 heteroatoms. The second kappa shape index (κ2) is 8.75. The molecule has 0 saturated carbocycles. The third kappa shape index (κ3) is 4.41. The molecule has 1 N–H and O–H groups in total. The lowest BCUT2D eigenvalue weighted by molar-refractivity contribution is 0.0706. The van der Waals surface area contributed by atoms with Gasteiger partial charge in [-0.2, -0.15) is 0 Å². The lowest BCUT2D eigenvalue weighted by Gasteiger charge is -2.32. The van der Waals surface area contributed by atoms with Crippen LogP contribution >= 0.6 is 11.6 Å². The fraction of sp³-hybridized carbons (Fsp3) is 0.227. The number of amides is 1. The van der Waals surface area contributed by atoms with E-state index in [9.17, 15) is 13.6 Å². The minimum atomic E-state index is -0.555. The Kier molecular flexibility index (Phi) is 5.90. The summed E-state index contributed by atoms with van der Waals surface area (Å²) in [5, 5.41) is 2.82. The standard InChI is InChI=1S/C22H19ClF2N4O/c23-16-12-14(7-8-17(16)24)21(30)29-11-3-4-15(13-29)19-9-10-26-22(27-19)28-20-6-2-1-5-18(20)25/h1-2,5-10,12,15H,3-4,11,13H2,(H,26,27,28)/t15-/m1/s1. The van der Waals surface area contributed by atoms with E-state index in [0.717, 1.165) is 18.5 Å². The average molecular weight is 429 g/mol. The first-order valence-corrected chi connectivity index (χ1v) is 9.98. The van der Waals surface area contributed by atoms with E-state index in [1.165, 1.54) is 24.3 Å². The number of halogens is 3. The van der Waals surface area contributed by atoms with Crippen LogP contribution in [0.25, 0.3) is 0 Å². The average Bonchev–Trinajstić information content (AvgIpc) is 2.77. The van der Waals surface area contributed by atoms with Crippen LogP contribution in [-0.2, 0) is 0 Å². The molecule has 3 aromatic rings.